The van der Waals surface area contributed by atoms with Gasteiger partial charge in [-0.25, -0.2) is 18.6 Å². The second-order valence-corrected chi connectivity index (χ2v) is 6.95. The van der Waals surface area contributed by atoms with Crippen LogP contribution in [0.25, 0.3) is 5.57 Å². The molecule has 1 N–H and O–H groups in total. The molecular formula is C17H21F2N3O4. The zero-order valence-electron chi connectivity index (χ0n) is 14.8. The van der Waals surface area contributed by atoms with Crippen LogP contribution in [-0.4, -0.2) is 39.5 Å². The Hall–Kier alpha value is -2.58. The standard InChI is InChI=1S/C17H21F2N3O4/c1-10(2)9-21(13-6-17(18,19)7-13)16-14(22(25)26)5-12(8-20-16)11(3)4-15(23)24/h4-5,8,10,13H,6-7,9H2,1-3H3,(H,23,24)/b11-4-. The lowest BCUT2D eigenvalue weighted by atomic mass is 9.86. The lowest BCUT2D eigenvalue weighted by molar-refractivity contribution is -0.384. The molecule has 26 heavy (non-hydrogen) atoms. The van der Waals surface area contributed by atoms with E-state index in [1.165, 1.54) is 19.2 Å². The summed E-state index contributed by atoms with van der Waals surface area (Å²) in [5.74, 6) is -3.79. The molecule has 0 spiro atoms. The normalized spacial score (nSPS) is 17.1. The van der Waals surface area contributed by atoms with E-state index >= 15 is 0 Å². The average Bonchev–Trinajstić information content (AvgIpc) is 2.48. The maximum atomic E-state index is 13.3. The number of hydrogen-bond acceptors (Lipinski definition) is 5. The summed E-state index contributed by atoms with van der Waals surface area (Å²) in [6.07, 6.45) is 1.54. The Balaban J connectivity index is 2.44. The summed E-state index contributed by atoms with van der Waals surface area (Å²) in [5.41, 5.74) is 0.285. The average molecular weight is 369 g/mol. The van der Waals surface area contributed by atoms with E-state index in [1.807, 2.05) is 13.8 Å². The molecule has 1 fully saturated rings. The van der Waals surface area contributed by atoms with Crippen molar-refractivity contribution < 1.29 is 23.6 Å². The number of carbonyl (C=O) groups is 1. The molecule has 7 nitrogen and oxygen atoms in total. The molecule has 142 valence electrons. The maximum absolute atomic E-state index is 13.3. The number of halogens is 2. The first-order chi connectivity index (χ1) is 12.0. The number of anilines is 1. The molecule has 0 amide bonds. The number of rotatable bonds is 7. The van der Waals surface area contributed by atoms with Crippen LogP contribution in [0.2, 0.25) is 0 Å². The van der Waals surface area contributed by atoms with Gasteiger partial charge in [0.2, 0.25) is 5.82 Å². The molecule has 1 heterocycles. The van der Waals surface area contributed by atoms with Crippen molar-refractivity contribution in [1.29, 1.82) is 0 Å². The number of hydrogen-bond donors (Lipinski definition) is 1. The Morgan fingerprint density at radius 2 is 2.15 bits per heavy atom. The molecule has 0 saturated heterocycles. The highest BCUT2D eigenvalue weighted by molar-refractivity contribution is 5.89. The zero-order chi connectivity index (χ0) is 19.6. The molecule has 0 unspecified atom stereocenters. The first kappa shape index (κ1) is 19.7. The maximum Gasteiger partial charge on any atom is 0.328 e. The molecule has 9 heteroatoms. The minimum Gasteiger partial charge on any atom is -0.478 e. The number of allylic oxidation sites excluding steroid dienone is 1. The van der Waals surface area contributed by atoms with Gasteiger partial charge in [-0.2, -0.15) is 0 Å². The summed E-state index contributed by atoms with van der Waals surface area (Å²) in [4.78, 5) is 27.4. The zero-order valence-corrected chi connectivity index (χ0v) is 14.8. The van der Waals surface area contributed by atoms with E-state index in [9.17, 15) is 23.7 Å². The number of nitrogens with zero attached hydrogens (tertiary/aromatic N) is 3. The molecule has 1 saturated carbocycles. The molecule has 1 aromatic rings. The van der Waals surface area contributed by atoms with Crippen LogP contribution < -0.4 is 4.90 Å². The Morgan fingerprint density at radius 1 is 1.54 bits per heavy atom. The number of nitro groups is 1. The first-order valence-corrected chi connectivity index (χ1v) is 8.20. The van der Waals surface area contributed by atoms with Crippen LogP contribution in [0.1, 0.15) is 39.2 Å². The Labute approximate surface area is 149 Å². The van der Waals surface area contributed by atoms with E-state index in [4.69, 9.17) is 5.11 Å². The van der Waals surface area contributed by atoms with Crippen molar-refractivity contribution in [2.24, 2.45) is 5.92 Å². The van der Waals surface area contributed by atoms with Crippen molar-refractivity contribution in [3.05, 3.63) is 34.0 Å². The monoisotopic (exact) mass is 369 g/mol. The van der Waals surface area contributed by atoms with Crippen molar-refractivity contribution in [3.8, 4) is 0 Å². The first-order valence-electron chi connectivity index (χ1n) is 8.20. The summed E-state index contributed by atoms with van der Waals surface area (Å²) in [7, 11) is 0. The molecule has 2 rings (SSSR count). The van der Waals surface area contributed by atoms with Gasteiger partial charge in [0, 0.05) is 49.3 Å². The third-order valence-electron chi connectivity index (χ3n) is 4.18. The molecular weight excluding hydrogens is 348 g/mol. The fourth-order valence-electron chi connectivity index (χ4n) is 2.94. The molecule has 1 aromatic heterocycles. The summed E-state index contributed by atoms with van der Waals surface area (Å²) < 4.78 is 26.6. The van der Waals surface area contributed by atoms with Gasteiger partial charge in [0.15, 0.2) is 0 Å². The topological polar surface area (TPSA) is 96.6 Å². The van der Waals surface area contributed by atoms with Gasteiger partial charge in [0.05, 0.1) is 4.92 Å². The van der Waals surface area contributed by atoms with E-state index < -0.39 is 22.9 Å². The molecule has 1 aliphatic carbocycles. The largest absolute Gasteiger partial charge is 0.478 e. The third kappa shape index (κ3) is 4.53. The molecule has 0 radical (unpaired) electrons. The van der Waals surface area contributed by atoms with Gasteiger partial charge in [-0.15, -0.1) is 0 Å². The van der Waals surface area contributed by atoms with Crippen LogP contribution in [0, 0.1) is 16.0 Å². The number of alkyl halides is 2. The van der Waals surface area contributed by atoms with Gasteiger partial charge in [-0.1, -0.05) is 13.8 Å². The Bertz CT molecular complexity index is 742. The van der Waals surface area contributed by atoms with Crippen LogP contribution in [-0.2, 0) is 4.79 Å². The lowest BCUT2D eigenvalue weighted by Crippen LogP contribution is -2.52. The lowest BCUT2D eigenvalue weighted by Gasteiger charge is -2.43. The fourth-order valence-corrected chi connectivity index (χ4v) is 2.94. The van der Waals surface area contributed by atoms with E-state index in [2.05, 4.69) is 4.98 Å². The van der Waals surface area contributed by atoms with Gasteiger partial charge in [0.1, 0.15) is 0 Å². The minimum atomic E-state index is -2.75. The van der Waals surface area contributed by atoms with Crippen molar-refractivity contribution in [3.63, 3.8) is 0 Å². The van der Waals surface area contributed by atoms with E-state index in [1.54, 1.807) is 4.90 Å². The molecule has 0 bridgehead atoms. The SMILES string of the molecule is C/C(=C/C(=O)O)c1cnc(N(CC(C)C)C2CC(F)(F)C2)c([N+](=O)[O-])c1. The highest BCUT2D eigenvalue weighted by Crippen LogP contribution is 2.43. The fraction of sp³-hybridized carbons (Fsp3) is 0.529. The number of pyridine rings is 1. The predicted molar refractivity (Wildman–Crippen MR) is 92.3 cm³/mol. The van der Waals surface area contributed by atoms with Crippen molar-refractivity contribution in [1.82, 2.24) is 4.98 Å². The number of aliphatic carboxylic acids is 1. The highest BCUT2D eigenvalue weighted by Gasteiger charge is 2.49. The van der Waals surface area contributed by atoms with Crippen LogP contribution in [0.5, 0.6) is 0 Å². The van der Waals surface area contributed by atoms with Crippen LogP contribution in [0.4, 0.5) is 20.3 Å². The van der Waals surface area contributed by atoms with E-state index in [0.717, 1.165) is 6.08 Å². The summed E-state index contributed by atoms with van der Waals surface area (Å²) in [6, 6.07) is 0.724. The molecule has 0 aromatic carbocycles. The molecule has 1 aliphatic rings. The predicted octanol–water partition coefficient (Wildman–Crippen LogP) is 3.74. The highest BCUT2D eigenvalue weighted by atomic mass is 19.3. The second kappa shape index (κ2) is 7.35. The van der Waals surface area contributed by atoms with E-state index in [0.29, 0.717) is 17.7 Å². The van der Waals surface area contributed by atoms with Crippen LogP contribution in [0.15, 0.2) is 18.3 Å². The summed E-state index contributed by atoms with van der Waals surface area (Å²) in [5, 5.41) is 20.3. The second-order valence-electron chi connectivity index (χ2n) is 6.95. The third-order valence-corrected chi connectivity index (χ3v) is 4.18. The van der Waals surface area contributed by atoms with Gasteiger partial charge < -0.3 is 10.0 Å². The van der Waals surface area contributed by atoms with Gasteiger partial charge in [0.25, 0.3) is 5.92 Å². The quantitative estimate of drug-likeness (QED) is 0.447. The van der Waals surface area contributed by atoms with Gasteiger partial charge >= 0.3 is 11.7 Å². The smallest absolute Gasteiger partial charge is 0.328 e. The van der Waals surface area contributed by atoms with E-state index in [-0.39, 0.29) is 30.3 Å². The molecule has 0 aliphatic heterocycles. The Morgan fingerprint density at radius 3 is 2.62 bits per heavy atom. The summed E-state index contributed by atoms with van der Waals surface area (Å²) >= 11 is 0. The number of carboxylic acid groups (broad SMARTS) is 1. The van der Waals surface area contributed by atoms with Gasteiger partial charge in [-0.05, 0) is 18.4 Å². The van der Waals surface area contributed by atoms with Crippen molar-refractivity contribution in [2.75, 3.05) is 11.4 Å². The van der Waals surface area contributed by atoms with Crippen molar-refractivity contribution >= 4 is 23.0 Å². The minimum absolute atomic E-state index is 0.0380. The van der Waals surface area contributed by atoms with Gasteiger partial charge in [-0.3, -0.25) is 10.1 Å². The number of aromatic nitrogens is 1. The molecule has 0 atom stereocenters. The Kier molecular flexibility index (Phi) is 5.58. The number of carboxylic acids is 1. The summed E-state index contributed by atoms with van der Waals surface area (Å²) in [6.45, 7) is 5.65. The van der Waals surface area contributed by atoms with Crippen molar-refractivity contribution in [2.45, 2.75) is 45.6 Å². The van der Waals surface area contributed by atoms with Crippen LogP contribution >= 0.6 is 0 Å². The van der Waals surface area contributed by atoms with Crippen LogP contribution in [0.3, 0.4) is 0 Å².